The van der Waals surface area contributed by atoms with Crippen molar-refractivity contribution in [1.29, 1.82) is 0 Å². The van der Waals surface area contributed by atoms with Crippen molar-refractivity contribution in [1.82, 2.24) is 4.72 Å². The van der Waals surface area contributed by atoms with E-state index in [2.05, 4.69) is 4.72 Å². The smallest absolute Gasteiger partial charge is 0.212 e. The molecule has 2 aromatic carbocycles. The molecule has 0 spiro atoms. The number of sulfonamides is 1. The lowest BCUT2D eigenvalue weighted by molar-refractivity contribution is 0.580. The molecule has 0 unspecified atom stereocenters. The lowest BCUT2D eigenvalue weighted by Crippen LogP contribution is -2.24. The molecule has 0 radical (unpaired) electrons. The van der Waals surface area contributed by atoms with Gasteiger partial charge in [-0.15, -0.1) is 0 Å². The average molecular weight is 296 g/mol. The van der Waals surface area contributed by atoms with Crippen LogP contribution in [0, 0.1) is 0 Å². The van der Waals surface area contributed by atoms with Gasteiger partial charge >= 0.3 is 0 Å². The van der Waals surface area contributed by atoms with Gasteiger partial charge in [0, 0.05) is 11.6 Å². The van der Waals surface area contributed by atoms with Crippen LogP contribution in [0.5, 0.6) is 0 Å². The first-order chi connectivity index (χ1) is 9.05. The van der Waals surface area contributed by atoms with Crippen LogP contribution in [0.15, 0.2) is 54.6 Å². The van der Waals surface area contributed by atoms with Crippen LogP contribution in [-0.2, 0) is 22.3 Å². The maximum Gasteiger partial charge on any atom is 0.216 e. The highest BCUT2D eigenvalue weighted by Gasteiger charge is 2.11. The van der Waals surface area contributed by atoms with Crippen molar-refractivity contribution in [3.63, 3.8) is 0 Å². The standard InChI is InChI=1S/C14H14ClNO2S/c15-14-8-4-7-13(9-14)11-19(17,18)16-10-12-5-2-1-3-6-12/h1-9,16H,10-11H2. The van der Waals surface area contributed by atoms with Crippen LogP contribution in [-0.4, -0.2) is 8.42 Å². The summed E-state index contributed by atoms with van der Waals surface area (Å²) in [5, 5.41) is 0.538. The molecular weight excluding hydrogens is 282 g/mol. The van der Waals surface area contributed by atoms with E-state index in [9.17, 15) is 8.42 Å². The summed E-state index contributed by atoms with van der Waals surface area (Å²) < 4.78 is 26.4. The van der Waals surface area contributed by atoms with Gasteiger partial charge in [0.1, 0.15) is 0 Å². The fraction of sp³-hybridized carbons (Fsp3) is 0.143. The molecule has 0 bridgehead atoms. The Balaban J connectivity index is 1.99. The second-order valence-electron chi connectivity index (χ2n) is 4.20. The number of benzene rings is 2. The number of nitrogens with one attached hydrogen (secondary N) is 1. The molecule has 0 aromatic heterocycles. The Bertz CT molecular complexity index is 642. The van der Waals surface area contributed by atoms with E-state index in [0.717, 1.165) is 5.56 Å². The van der Waals surface area contributed by atoms with E-state index in [-0.39, 0.29) is 5.75 Å². The largest absolute Gasteiger partial charge is 0.216 e. The molecule has 0 fully saturated rings. The SMILES string of the molecule is O=S(=O)(Cc1cccc(Cl)c1)NCc1ccccc1. The Morgan fingerprint density at radius 2 is 1.63 bits per heavy atom. The first-order valence-electron chi connectivity index (χ1n) is 5.81. The van der Waals surface area contributed by atoms with Gasteiger partial charge in [-0.3, -0.25) is 0 Å². The highest BCUT2D eigenvalue weighted by Crippen LogP contribution is 2.13. The Kier molecular flexibility index (Phi) is 4.58. The summed E-state index contributed by atoms with van der Waals surface area (Å²) >= 11 is 5.83. The van der Waals surface area contributed by atoms with E-state index in [1.165, 1.54) is 0 Å². The van der Waals surface area contributed by atoms with Gasteiger partial charge in [-0.05, 0) is 23.3 Å². The second kappa shape index (κ2) is 6.19. The molecule has 0 heterocycles. The van der Waals surface area contributed by atoms with Gasteiger partial charge in [-0.25, -0.2) is 13.1 Å². The second-order valence-corrected chi connectivity index (χ2v) is 6.44. The number of rotatable bonds is 5. The lowest BCUT2D eigenvalue weighted by Gasteiger charge is -2.07. The highest BCUT2D eigenvalue weighted by atomic mass is 35.5. The van der Waals surface area contributed by atoms with E-state index in [1.807, 2.05) is 30.3 Å². The molecule has 0 saturated heterocycles. The number of hydrogen-bond acceptors (Lipinski definition) is 2. The van der Waals surface area contributed by atoms with Gasteiger partial charge < -0.3 is 0 Å². The van der Waals surface area contributed by atoms with Gasteiger partial charge in [0.15, 0.2) is 0 Å². The van der Waals surface area contributed by atoms with Crippen LogP contribution in [0.25, 0.3) is 0 Å². The molecular formula is C14H14ClNO2S. The summed E-state index contributed by atoms with van der Waals surface area (Å²) in [6.07, 6.45) is 0. The summed E-state index contributed by atoms with van der Waals surface area (Å²) in [5.74, 6) is -0.0691. The zero-order chi connectivity index (χ0) is 13.7. The third-order valence-electron chi connectivity index (χ3n) is 2.58. The Hall–Kier alpha value is -1.36. The minimum absolute atomic E-state index is 0.0691. The zero-order valence-electron chi connectivity index (χ0n) is 10.2. The molecule has 19 heavy (non-hydrogen) atoms. The fourth-order valence-corrected chi connectivity index (χ4v) is 3.01. The summed E-state index contributed by atoms with van der Waals surface area (Å²) in [5.41, 5.74) is 1.60. The van der Waals surface area contributed by atoms with Gasteiger partial charge in [-0.2, -0.15) is 0 Å². The van der Waals surface area contributed by atoms with Crippen molar-refractivity contribution in [3.8, 4) is 0 Å². The molecule has 0 aliphatic heterocycles. The fourth-order valence-electron chi connectivity index (χ4n) is 1.69. The van der Waals surface area contributed by atoms with E-state index >= 15 is 0 Å². The minimum atomic E-state index is -3.36. The van der Waals surface area contributed by atoms with Crippen molar-refractivity contribution in [2.45, 2.75) is 12.3 Å². The van der Waals surface area contributed by atoms with Crippen molar-refractivity contribution in [2.24, 2.45) is 0 Å². The van der Waals surface area contributed by atoms with Gasteiger partial charge in [0.25, 0.3) is 0 Å². The maximum atomic E-state index is 11.9. The number of hydrogen-bond donors (Lipinski definition) is 1. The Morgan fingerprint density at radius 1 is 0.947 bits per heavy atom. The summed E-state index contributed by atoms with van der Waals surface area (Å²) in [7, 11) is -3.36. The monoisotopic (exact) mass is 295 g/mol. The number of halogens is 1. The van der Waals surface area contributed by atoms with Gasteiger partial charge in [0.2, 0.25) is 10.0 Å². The summed E-state index contributed by atoms with van der Waals surface area (Å²) in [6.45, 7) is 0.295. The molecule has 100 valence electrons. The van der Waals surface area contributed by atoms with Crippen LogP contribution in [0.4, 0.5) is 0 Å². The molecule has 0 saturated carbocycles. The molecule has 5 heteroatoms. The minimum Gasteiger partial charge on any atom is -0.212 e. The highest BCUT2D eigenvalue weighted by molar-refractivity contribution is 7.88. The van der Waals surface area contributed by atoms with E-state index in [0.29, 0.717) is 17.1 Å². The molecule has 0 atom stereocenters. The molecule has 0 aliphatic rings. The van der Waals surface area contributed by atoms with Crippen molar-refractivity contribution >= 4 is 21.6 Å². The Labute approximate surface area is 118 Å². The maximum absolute atomic E-state index is 11.9. The normalized spacial score (nSPS) is 11.4. The van der Waals surface area contributed by atoms with Crippen molar-refractivity contribution in [2.75, 3.05) is 0 Å². The van der Waals surface area contributed by atoms with Crippen LogP contribution < -0.4 is 4.72 Å². The predicted molar refractivity (Wildman–Crippen MR) is 77.4 cm³/mol. The molecule has 0 aliphatic carbocycles. The average Bonchev–Trinajstić information content (AvgIpc) is 2.37. The molecule has 0 amide bonds. The van der Waals surface area contributed by atoms with Crippen LogP contribution >= 0.6 is 11.6 Å². The van der Waals surface area contributed by atoms with E-state index in [1.54, 1.807) is 24.3 Å². The predicted octanol–water partition coefficient (Wildman–Crippen LogP) is 2.96. The van der Waals surface area contributed by atoms with Crippen molar-refractivity contribution in [3.05, 3.63) is 70.7 Å². The molecule has 2 rings (SSSR count). The van der Waals surface area contributed by atoms with E-state index in [4.69, 9.17) is 11.6 Å². The van der Waals surface area contributed by atoms with Crippen LogP contribution in [0.1, 0.15) is 11.1 Å². The van der Waals surface area contributed by atoms with Gasteiger partial charge in [-0.1, -0.05) is 54.1 Å². The quantitative estimate of drug-likeness (QED) is 0.922. The zero-order valence-corrected chi connectivity index (χ0v) is 11.8. The van der Waals surface area contributed by atoms with Crippen LogP contribution in [0.3, 0.4) is 0 Å². The van der Waals surface area contributed by atoms with Crippen LogP contribution in [0.2, 0.25) is 5.02 Å². The van der Waals surface area contributed by atoms with Crippen molar-refractivity contribution < 1.29 is 8.42 Å². The third-order valence-corrected chi connectivity index (χ3v) is 4.12. The Morgan fingerprint density at radius 3 is 2.32 bits per heavy atom. The molecule has 3 nitrogen and oxygen atoms in total. The van der Waals surface area contributed by atoms with Gasteiger partial charge in [0.05, 0.1) is 5.75 Å². The third kappa shape index (κ3) is 4.67. The molecule has 2 aromatic rings. The topological polar surface area (TPSA) is 46.2 Å². The lowest BCUT2D eigenvalue weighted by atomic mass is 10.2. The first kappa shape index (κ1) is 14.1. The van der Waals surface area contributed by atoms with E-state index < -0.39 is 10.0 Å². The summed E-state index contributed by atoms with van der Waals surface area (Å²) in [6, 6.07) is 16.3. The first-order valence-corrected chi connectivity index (χ1v) is 7.84. The molecule has 1 N–H and O–H groups in total. The summed E-state index contributed by atoms with van der Waals surface area (Å²) in [4.78, 5) is 0.